The Morgan fingerprint density at radius 3 is 2.60 bits per heavy atom. The molecular weight excluding hydrogens is 620 g/mol. The summed E-state index contributed by atoms with van der Waals surface area (Å²) in [4.78, 5) is 35.1. The molecule has 47 heavy (non-hydrogen) atoms. The van der Waals surface area contributed by atoms with E-state index in [1.165, 1.54) is 17.5 Å². The molecule has 2 saturated heterocycles. The van der Waals surface area contributed by atoms with Crippen molar-refractivity contribution < 1.29 is 28.7 Å². The molecule has 3 aromatic rings. The Kier molecular flexibility index (Phi) is 10.8. The van der Waals surface area contributed by atoms with Crippen LogP contribution < -0.4 is 4.74 Å². The zero-order valence-electron chi connectivity index (χ0n) is 27.6. The van der Waals surface area contributed by atoms with Crippen molar-refractivity contribution in [2.24, 2.45) is 0 Å². The van der Waals surface area contributed by atoms with Gasteiger partial charge in [0.15, 0.2) is 6.29 Å². The molecule has 0 aliphatic carbocycles. The molecule has 4 heterocycles. The first-order chi connectivity index (χ1) is 22.3. The van der Waals surface area contributed by atoms with E-state index in [0.717, 1.165) is 53.1 Å². The van der Waals surface area contributed by atoms with Crippen LogP contribution in [0.2, 0.25) is 0 Å². The molecule has 250 valence electrons. The van der Waals surface area contributed by atoms with E-state index < -0.39 is 16.1 Å². The number of pyridine rings is 1. The number of hydrogen-bond acceptors (Lipinski definition) is 10. The molecule has 1 atom stereocenters. The van der Waals surface area contributed by atoms with Crippen LogP contribution in [-0.4, -0.2) is 63.1 Å². The summed E-state index contributed by atoms with van der Waals surface area (Å²) in [5, 5.41) is 12.8. The fraction of sp³-hybridized carbons (Fsp3) is 0.514. The van der Waals surface area contributed by atoms with Gasteiger partial charge in [0, 0.05) is 49.0 Å². The second-order valence-electron chi connectivity index (χ2n) is 13.3. The molecular formula is C35H42N4O7S. The molecule has 2 aliphatic rings. The van der Waals surface area contributed by atoms with Crippen molar-refractivity contribution in [3.63, 3.8) is 0 Å². The molecule has 0 spiro atoms. The number of carbonyl (C=O) groups is 1. The Morgan fingerprint density at radius 2 is 1.89 bits per heavy atom. The fourth-order valence-electron chi connectivity index (χ4n) is 5.35. The van der Waals surface area contributed by atoms with Crippen molar-refractivity contribution in [1.29, 1.82) is 0 Å². The molecule has 0 saturated carbocycles. The highest BCUT2D eigenvalue weighted by molar-refractivity contribution is 7.15. The van der Waals surface area contributed by atoms with Crippen LogP contribution in [0.1, 0.15) is 88.8 Å². The molecule has 12 heteroatoms. The quantitative estimate of drug-likeness (QED) is 0.137. The van der Waals surface area contributed by atoms with Crippen LogP contribution >= 0.6 is 11.3 Å². The van der Waals surface area contributed by atoms with Gasteiger partial charge in [-0.3, -0.25) is 0 Å². The average Bonchev–Trinajstić information content (AvgIpc) is 3.53. The molecule has 11 nitrogen and oxygen atoms in total. The number of benzene rings is 1. The number of ether oxygens (including phenoxy) is 4. The summed E-state index contributed by atoms with van der Waals surface area (Å²) < 4.78 is 23.3. The van der Waals surface area contributed by atoms with Crippen LogP contribution in [0.4, 0.5) is 10.6 Å². The third kappa shape index (κ3) is 9.73. The molecule has 0 bridgehead atoms. The maximum Gasteiger partial charge on any atom is 0.410 e. The highest BCUT2D eigenvalue weighted by Gasteiger charge is 2.29. The summed E-state index contributed by atoms with van der Waals surface area (Å²) in [6.07, 6.45) is 7.26. The Labute approximate surface area is 279 Å². The first-order valence-electron chi connectivity index (χ1n) is 16.0. The predicted molar refractivity (Wildman–Crippen MR) is 178 cm³/mol. The SMILES string of the molecule is CC(C)(C)OC(=O)N1CCC(c2ncc(-c3cnc([N+](=O)[O-])c(OCc4cccc(C#CC(C)(C)OC5CCCCO5)c4)c3)s2)CC1. The van der Waals surface area contributed by atoms with Crippen LogP contribution in [0.25, 0.3) is 10.4 Å². The maximum absolute atomic E-state index is 12.5. The number of nitrogens with zero attached hydrogens (tertiary/aromatic N) is 4. The molecule has 2 fully saturated rings. The number of thiazole rings is 1. The van der Waals surface area contributed by atoms with Gasteiger partial charge in [0.25, 0.3) is 0 Å². The van der Waals surface area contributed by atoms with Crippen LogP contribution in [0, 0.1) is 22.0 Å². The standard InChI is InChI=1S/C35H42N4O7S/c1-34(2,3)46-33(40)38-16-13-26(14-17-38)32-37-22-29(47-32)27-20-28(31(36-21-27)39(41)42)44-23-25-10-8-9-24(19-25)12-15-35(4,5)45-30-11-6-7-18-43-30/h8-10,19-22,26,30H,6-7,11,13-14,16-18,23H2,1-5H3. The van der Waals surface area contributed by atoms with Crippen molar-refractivity contribution >= 4 is 23.2 Å². The van der Waals surface area contributed by atoms with Crippen LogP contribution in [0.3, 0.4) is 0 Å². The largest absolute Gasteiger partial charge is 0.481 e. The van der Waals surface area contributed by atoms with Crippen molar-refractivity contribution in [3.8, 4) is 28.0 Å². The minimum absolute atomic E-state index is 0.0756. The summed E-state index contributed by atoms with van der Waals surface area (Å²) in [5.74, 6) is 6.31. The van der Waals surface area contributed by atoms with Crippen LogP contribution in [0.5, 0.6) is 5.75 Å². The molecule has 1 aromatic carbocycles. The van der Waals surface area contributed by atoms with E-state index in [-0.39, 0.29) is 36.5 Å². The van der Waals surface area contributed by atoms with Crippen molar-refractivity contribution in [2.75, 3.05) is 19.7 Å². The molecule has 2 aromatic heterocycles. The van der Waals surface area contributed by atoms with E-state index in [1.54, 1.807) is 17.2 Å². The molecule has 5 rings (SSSR count). The van der Waals surface area contributed by atoms with E-state index in [4.69, 9.17) is 18.9 Å². The molecule has 1 amide bonds. The van der Waals surface area contributed by atoms with Gasteiger partial charge in [0.05, 0.1) is 9.88 Å². The molecule has 0 N–H and O–H groups in total. The normalized spacial score (nSPS) is 17.5. The third-order valence-corrected chi connectivity index (χ3v) is 8.91. The van der Waals surface area contributed by atoms with Crippen molar-refractivity contribution in [1.82, 2.24) is 14.9 Å². The van der Waals surface area contributed by atoms with Gasteiger partial charge in [0.2, 0.25) is 5.75 Å². The lowest BCUT2D eigenvalue weighted by Gasteiger charge is -2.32. The summed E-state index contributed by atoms with van der Waals surface area (Å²) >= 11 is 1.53. The monoisotopic (exact) mass is 662 g/mol. The number of hydrogen-bond donors (Lipinski definition) is 0. The average molecular weight is 663 g/mol. The summed E-state index contributed by atoms with van der Waals surface area (Å²) in [6, 6.07) is 9.20. The zero-order chi connectivity index (χ0) is 33.6. The van der Waals surface area contributed by atoms with Gasteiger partial charge in [0.1, 0.15) is 24.0 Å². The fourth-order valence-corrected chi connectivity index (χ4v) is 6.41. The highest BCUT2D eigenvalue weighted by atomic mass is 32.1. The summed E-state index contributed by atoms with van der Waals surface area (Å²) in [5.41, 5.74) is 1.06. The Balaban J connectivity index is 1.23. The van der Waals surface area contributed by atoms with Gasteiger partial charge in [-0.1, -0.05) is 24.0 Å². The summed E-state index contributed by atoms with van der Waals surface area (Å²) in [7, 11) is 0. The smallest absolute Gasteiger partial charge is 0.410 e. The number of carbonyl (C=O) groups excluding carboxylic acids is 1. The van der Waals surface area contributed by atoms with Gasteiger partial charge in [-0.25, -0.2) is 9.78 Å². The molecule has 1 unspecified atom stereocenters. The minimum atomic E-state index is -0.685. The number of amides is 1. The van der Waals surface area contributed by atoms with E-state index >= 15 is 0 Å². The number of likely N-dealkylation sites (tertiary alicyclic amines) is 1. The van der Waals surface area contributed by atoms with E-state index in [2.05, 4.69) is 21.8 Å². The van der Waals surface area contributed by atoms with Crippen molar-refractivity contribution in [3.05, 3.63) is 69.0 Å². The van der Waals surface area contributed by atoms with Crippen molar-refractivity contribution in [2.45, 2.75) is 96.7 Å². The molecule has 2 aliphatic heterocycles. The van der Waals surface area contributed by atoms with Gasteiger partial charge in [-0.2, -0.15) is 0 Å². The topological polar surface area (TPSA) is 126 Å². The Hall–Kier alpha value is -4.05. The first kappa shape index (κ1) is 34.3. The van der Waals surface area contributed by atoms with Crippen LogP contribution in [0.15, 0.2) is 42.7 Å². The third-order valence-electron chi connectivity index (χ3n) is 7.70. The lowest BCUT2D eigenvalue weighted by Crippen LogP contribution is -2.41. The maximum atomic E-state index is 12.5. The van der Waals surface area contributed by atoms with E-state index in [9.17, 15) is 14.9 Å². The number of nitro groups is 1. The lowest BCUT2D eigenvalue weighted by molar-refractivity contribution is -0.390. The highest BCUT2D eigenvalue weighted by Crippen LogP contribution is 2.37. The van der Waals surface area contributed by atoms with Gasteiger partial charge >= 0.3 is 11.9 Å². The van der Waals surface area contributed by atoms with E-state index in [1.807, 2.05) is 58.9 Å². The van der Waals surface area contributed by atoms with E-state index in [0.29, 0.717) is 25.3 Å². The minimum Gasteiger partial charge on any atom is -0.481 e. The second-order valence-corrected chi connectivity index (χ2v) is 14.3. The zero-order valence-corrected chi connectivity index (χ0v) is 28.4. The molecule has 0 radical (unpaired) electrons. The lowest BCUT2D eigenvalue weighted by atomic mass is 9.98. The van der Waals surface area contributed by atoms with Gasteiger partial charge < -0.3 is 34.0 Å². The first-order valence-corrected chi connectivity index (χ1v) is 16.8. The second kappa shape index (κ2) is 14.8. The Bertz CT molecular complexity index is 1620. The van der Waals surface area contributed by atoms with Crippen LogP contribution in [-0.2, 0) is 20.8 Å². The van der Waals surface area contributed by atoms with Gasteiger partial charge in [-0.15, -0.1) is 11.3 Å². The number of aromatic nitrogens is 2. The number of piperidine rings is 1. The Morgan fingerprint density at radius 1 is 1.11 bits per heavy atom. The van der Waals surface area contributed by atoms with Gasteiger partial charge in [-0.05, 0) is 94.3 Å². The number of rotatable bonds is 8. The predicted octanol–water partition coefficient (Wildman–Crippen LogP) is 7.48. The summed E-state index contributed by atoms with van der Waals surface area (Å²) in [6.45, 7) is 11.4.